The first-order chi connectivity index (χ1) is 17.4. The van der Waals surface area contributed by atoms with Crippen molar-refractivity contribution in [1.29, 1.82) is 0 Å². The molecule has 1 amide bonds. The highest BCUT2D eigenvalue weighted by Gasteiger charge is 2.31. The molecule has 1 aliphatic rings. The number of hydrogen-bond acceptors (Lipinski definition) is 4. The van der Waals surface area contributed by atoms with Gasteiger partial charge in [0.25, 0.3) is 0 Å². The van der Waals surface area contributed by atoms with Crippen LogP contribution in [0.3, 0.4) is 0 Å². The molecule has 4 rings (SSSR count). The fourth-order valence-electron chi connectivity index (χ4n) is 4.17. The molecule has 6 nitrogen and oxygen atoms in total. The lowest BCUT2D eigenvalue weighted by molar-refractivity contribution is -0.134. The van der Waals surface area contributed by atoms with Crippen molar-refractivity contribution >= 4 is 33.6 Å². The molecule has 0 radical (unpaired) electrons. The van der Waals surface area contributed by atoms with Crippen LogP contribution in [0.4, 0.5) is 0 Å². The van der Waals surface area contributed by atoms with Crippen LogP contribution in [0, 0.1) is 0 Å². The number of carbonyl (C=O) groups is 1. The molecular formula is C28H30ClN3O3S. The Bertz CT molecular complexity index is 1260. The second-order valence-electron chi connectivity index (χ2n) is 8.76. The SMILES string of the molecule is O=C([C@@H](Cc1ccccc1)NS(=O)(=O)c1ccc(Cl)cc1)N1CCN(C/C=C/c2ccccc2)CC1. The van der Waals surface area contributed by atoms with Gasteiger partial charge in [0.05, 0.1) is 4.90 Å². The quantitative estimate of drug-likeness (QED) is 0.459. The molecule has 0 aliphatic carbocycles. The summed E-state index contributed by atoms with van der Waals surface area (Å²) in [6.45, 7) is 3.35. The number of sulfonamides is 1. The lowest BCUT2D eigenvalue weighted by Gasteiger charge is -2.36. The van der Waals surface area contributed by atoms with Crippen molar-refractivity contribution in [3.63, 3.8) is 0 Å². The van der Waals surface area contributed by atoms with Crippen LogP contribution >= 0.6 is 11.6 Å². The van der Waals surface area contributed by atoms with E-state index in [2.05, 4.69) is 33.9 Å². The van der Waals surface area contributed by atoms with Crippen molar-refractivity contribution in [2.75, 3.05) is 32.7 Å². The van der Waals surface area contributed by atoms with E-state index in [1.54, 1.807) is 4.90 Å². The Kier molecular flexibility index (Phi) is 8.93. The molecule has 0 unspecified atom stereocenters. The van der Waals surface area contributed by atoms with Gasteiger partial charge >= 0.3 is 0 Å². The number of carbonyl (C=O) groups excluding carboxylic acids is 1. The average molecular weight is 524 g/mol. The second kappa shape index (κ2) is 12.3. The van der Waals surface area contributed by atoms with Crippen molar-refractivity contribution < 1.29 is 13.2 Å². The van der Waals surface area contributed by atoms with E-state index in [9.17, 15) is 13.2 Å². The van der Waals surface area contributed by atoms with Gasteiger partial charge in [-0.2, -0.15) is 4.72 Å². The Morgan fingerprint density at radius 3 is 2.14 bits per heavy atom. The van der Waals surface area contributed by atoms with Gasteiger partial charge in [0.2, 0.25) is 15.9 Å². The van der Waals surface area contributed by atoms with Crippen LogP contribution in [-0.2, 0) is 21.2 Å². The molecule has 0 bridgehead atoms. The van der Waals surface area contributed by atoms with E-state index >= 15 is 0 Å². The molecule has 8 heteroatoms. The molecule has 1 N–H and O–H groups in total. The Morgan fingerprint density at radius 1 is 0.889 bits per heavy atom. The summed E-state index contributed by atoms with van der Waals surface area (Å²) >= 11 is 5.92. The Hall–Kier alpha value is -2.97. The minimum Gasteiger partial charge on any atom is -0.339 e. The van der Waals surface area contributed by atoms with E-state index in [1.165, 1.54) is 24.3 Å². The van der Waals surface area contributed by atoms with E-state index in [0.717, 1.165) is 30.8 Å². The first kappa shape index (κ1) is 26.1. The van der Waals surface area contributed by atoms with Crippen molar-refractivity contribution in [2.24, 2.45) is 0 Å². The van der Waals surface area contributed by atoms with Crippen molar-refractivity contribution in [2.45, 2.75) is 17.4 Å². The predicted molar refractivity (Wildman–Crippen MR) is 144 cm³/mol. The Morgan fingerprint density at radius 2 is 1.50 bits per heavy atom. The van der Waals surface area contributed by atoms with Gasteiger partial charge in [0.15, 0.2) is 0 Å². The van der Waals surface area contributed by atoms with Crippen LogP contribution in [0.2, 0.25) is 5.02 Å². The summed E-state index contributed by atoms with van der Waals surface area (Å²) in [5.74, 6) is -0.212. The minimum atomic E-state index is -3.90. The van der Waals surface area contributed by atoms with Gasteiger partial charge in [-0.25, -0.2) is 8.42 Å². The van der Waals surface area contributed by atoms with Crippen LogP contribution in [0.15, 0.2) is 95.9 Å². The predicted octanol–water partition coefficient (Wildman–Crippen LogP) is 4.09. The highest BCUT2D eigenvalue weighted by molar-refractivity contribution is 7.89. The number of halogens is 1. The summed E-state index contributed by atoms with van der Waals surface area (Å²) in [6, 6.07) is 24.6. The fourth-order valence-corrected chi connectivity index (χ4v) is 5.49. The third-order valence-corrected chi connectivity index (χ3v) is 7.90. The molecule has 1 fully saturated rings. The van der Waals surface area contributed by atoms with Gasteiger partial charge < -0.3 is 4.90 Å². The monoisotopic (exact) mass is 523 g/mol. The van der Waals surface area contributed by atoms with E-state index < -0.39 is 16.1 Å². The number of nitrogens with zero attached hydrogens (tertiary/aromatic N) is 2. The molecule has 1 aliphatic heterocycles. The fraction of sp³-hybridized carbons (Fsp3) is 0.250. The normalized spacial score (nSPS) is 15.8. The molecule has 0 aromatic heterocycles. The zero-order chi connectivity index (χ0) is 25.4. The van der Waals surface area contributed by atoms with E-state index in [1.807, 2.05) is 48.5 Å². The van der Waals surface area contributed by atoms with Gasteiger partial charge in [0, 0.05) is 37.7 Å². The van der Waals surface area contributed by atoms with Gasteiger partial charge in [-0.05, 0) is 41.8 Å². The highest BCUT2D eigenvalue weighted by atomic mass is 35.5. The van der Waals surface area contributed by atoms with Crippen LogP contribution in [0.25, 0.3) is 6.08 Å². The van der Waals surface area contributed by atoms with Gasteiger partial charge in [-0.1, -0.05) is 84.4 Å². The minimum absolute atomic E-state index is 0.0767. The summed E-state index contributed by atoms with van der Waals surface area (Å²) < 4.78 is 28.8. The number of nitrogens with one attached hydrogen (secondary N) is 1. The molecule has 36 heavy (non-hydrogen) atoms. The standard InChI is InChI=1S/C28H30ClN3O3S/c29-25-13-15-26(16-14-25)36(34,35)30-27(22-24-10-5-2-6-11-24)28(33)32-20-18-31(19-21-32)17-7-12-23-8-3-1-4-9-23/h1-16,27,30H,17-22H2/b12-7+/t27-/m1/s1. The second-order valence-corrected chi connectivity index (χ2v) is 10.9. The van der Waals surface area contributed by atoms with Crippen molar-refractivity contribution in [1.82, 2.24) is 14.5 Å². The Labute approximate surface area is 218 Å². The smallest absolute Gasteiger partial charge is 0.241 e. The zero-order valence-electron chi connectivity index (χ0n) is 20.0. The maximum Gasteiger partial charge on any atom is 0.241 e. The summed E-state index contributed by atoms with van der Waals surface area (Å²) in [5.41, 5.74) is 2.04. The largest absolute Gasteiger partial charge is 0.339 e. The van der Waals surface area contributed by atoms with Gasteiger partial charge in [-0.15, -0.1) is 0 Å². The number of piperazine rings is 1. The maximum absolute atomic E-state index is 13.5. The molecule has 0 saturated carbocycles. The molecule has 3 aromatic rings. The van der Waals surface area contributed by atoms with Crippen molar-refractivity contribution in [3.05, 3.63) is 107 Å². The van der Waals surface area contributed by atoms with E-state index in [0.29, 0.717) is 18.1 Å². The summed E-state index contributed by atoms with van der Waals surface area (Å²) in [7, 11) is -3.90. The lowest BCUT2D eigenvalue weighted by Crippen LogP contribution is -2.55. The van der Waals surface area contributed by atoms with Crippen LogP contribution in [0.5, 0.6) is 0 Å². The van der Waals surface area contributed by atoms with Crippen LogP contribution in [-0.4, -0.2) is 62.9 Å². The van der Waals surface area contributed by atoms with Crippen molar-refractivity contribution in [3.8, 4) is 0 Å². The van der Waals surface area contributed by atoms with Crippen LogP contribution in [0.1, 0.15) is 11.1 Å². The first-order valence-corrected chi connectivity index (χ1v) is 13.8. The lowest BCUT2D eigenvalue weighted by atomic mass is 10.1. The van der Waals surface area contributed by atoms with Gasteiger partial charge in [0.1, 0.15) is 6.04 Å². The maximum atomic E-state index is 13.5. The molecule has 1 atom stereocenters. The van der Waals surface area contributed by atoms with E-state index in [4.69, 9.17) is 11.6 Å². The number of hydrogen-bond donors (Lipinski definition) is 1. The molecule has 1 saturated heterocycles. The molecular weight excluding hydrogens is 494 g/mol. The third-order valence-electron chi connectivity index (χ3n) is 6.16. The number of amides is 1. The number of benzene rings is 3. The third kappa shape index (κ3) is 7.27. The van der Waals surface area contributed by atoms with E-state index in [-0.39, 0.29) is 17.2 Å². The molecule has 188 valence electrons. The molecule has 0 spiro atoms. The van der Waals surface area contributed by atoms with Gasteiger partial charge in [-0.3, -0.25) is 9.69 Å². The Balaban J connectivity index is 1.41. The topological polar surface area (TPSA) is 69.7 Å². The average Bonchev–Trinajstić information content (AvgIpc) is 2.90. The molecule has 3 aromatic carbocycles. The first-order valence-electron chi connectivity index (χ1n) is 12.0. The summed E-state index contributed by atoms with van der Waals surface area (Å²) in [4.78, 5) is 17.6. The highest BCUT2D eigenvalue weighted by Crippen LogP contribution is 2.16. The summed E-state index contributed by atoms with van der Waals surface area (Å²) in [5, 5.41) is 0.447. The number of rotatable bonds is 9. The zero-order valence-corrected chi connectivity index (χ0v) is 21.5. The molecule has 1 heterocycles. The van der Waals surface area contributed by atoms with Crippen LogP contribution < -0.4 is 4.72 Å². The summed E-state index contributed by atoms with van der Waals surface area (Å²) in [6.07, 6.45) is 4.50.